The zero-order valence-corrected chi connectivity index (χ0v) is 33.4. The monoisotopic (exact) mass is 759 g/mol. The minimum Gasteiger partial charge on any atom is -0.453 e. The molecule has 5 aromatic rings. The van der Waals surface area contributed by atoms with E-state index in [0.717, 1.165) is 88.2 Å². The van der Waals surface area contributed by atoms with Crippen LogP contribution in [-0.4, -0.2) is 79.2 Å². The molecule has 2 saturated heterocycles. The van der Waals surface area contributed by atoms with Gasteiger partial charge in [-0.25, -0.2) is 19.6 Å². The number of ether oxygens (including phenoxy) is 2. The molecule has 3 amide bonds. The number of rotatable bonds is 9. The van der Waals surface area contributed by atoms with Crippen LogP contribution in [0.15, 0.2) is 73.1 Å². The minimum absolute atomic E-state index is 0.0973. The molecule has 0 spiro atoms. The fourth-order valence-corrected chi connectivity index (χ4v) is 8.08. The van der Waals surface area contributed by atoms with Gasteiger partial charge in [-0.15, -0.1) is 0 Å². The summed E-state index contributed by atoms with van der Waals surface area (Å²) in [7, 11) is 1.30. The third kappa shape index (κ3) is 8.01. The van der Waals surface area contributed by atoms with Crippen molar-refractivity contribution in [2.45, 2.75) is 103 Å². The van der Waals surface area contributed by atoms with E-state index in [1.165, 1.54) is 7.11 Å². The second-order valence-electron chi connectivity index (χ2n) is 16.3. The highest BCUT2D eigenvalue weighted by atomic mass is 16.6. The number of carbonyl (C=O) groups excluding carboxylic acids is 3. The molecule has 2 aromatic heterocycles. The summed E-state index contributed by atoms with van der Waals surface area (Å²) in [5.41, 5.74) is 5.47. The summed E-state index contributed by atoms with van der Waals surface area (Å²) in [6, 6.07) is 20.4. The van der Waals surface area contributed by atoms with Crippen LogP contribution in [-0.2, 0) is 14.3 Å². The quantitative estimate of drug-likeness (QED) is 0.136. The molecular formula is C44H53N7O5. The highest BCUT2D eigenvalue weighted by molar-refractivity contribution is 5.91. The van der Waals surface area contributed by atoms with E-state index in [1.54, 1.807) is 0 Å². The molecule has 3 N–H and O–H groups in total. The Labute approximate surface area is 328 Å². The summed E-state index contributed by atoms with van der Waals surface area (Å²) in [6.07, 6.45) is 7.06. The Morgan fingerprint density at radius 1 is 0.821 bits per heavy atom. The number of aromatic nitrogens is 4. The topological polar surface area (TPSA) is 146 Å². The first-order chi connectivity index (χ1) is 26.8. The van der Waals surface area contributed by atoms with Crippen LogP contribution in [0.25, 0.3) is 44.4 Å². The maximum atomic E-state index is 13.6. The number of alkyl carbamates (subject to hydrolysis) is 1. The van der Waals surface area contributed by atoms with Gasteiger partial charge in [0, 0.05) is 18.2 Å². The molecule has 3 aromatic carbocycles. The standard InChI is InChI=1S/C44H53N7O5/c1-8-33-19-20-37(51(33)43(54)56-44(4,5)6)40-46-24-34(47-40)28-13-11-27(12-14-28)29-15-16-31-23-32(18-17-30(31)22-29)35-25-45-39(48-35)36-10-9-21-50(36)41(52)38(26(2)3)49-42(53)55-7/h11-18,22-26,33,36-38H,8-10,19-21H2,1-7H3,(H,45,48)(H,46,47)(H,49,53)/t33?,36-,37?,38-/m0/s1. The van der Waals surface area contributed by atoms with Gasteiger partial charge < -0.3 is 29.7 Å². The Bertz CT molecular complexity index is 2200. The van der Waals surface area contributed by atoms with E-state index in [9.17, 15) is 14.4 Å². The molecule has 4 atom stereocenters. The lowest BCUT2D eigenvalue weighted by Crippen LogP contribution is -2.51. The first-order valence-electron chi connectivity index (χ1n) is 19.7. The molecule has 0 aliphatic carbocycles. The molecule has 12 heteroatoms. The predicted octanol–water partition coefficient (Wildman–Crippen LogP) is 9.18. The van der Waals surface area contributed by atoms with E-state index < -0.39 is 17.7 Å². The fraction of sp³-hybridized carbons (Fsp3) is 0.432. The van der Waals surface area contributed by atoms with Gasteiger partial charge in [-0.1, -0.05) is 69.3 Å². The highest BCUT2D eigenvalue weighted by Crippen LogP contribution is 2.39. The summed E-state index contributed by atoms with van der Waals surface area (Å²) in [5.74, 6) is 1.30. The first-order valence-corrected chi connectivity index (χ1v) is 19.7. The third-order valence-corrected chi connectivity index (χ3v) is 11.0. The lowest BCUT2D eigenvalue weighted by Gasteiger charge is -2.31. The summed E-state index contributed by atoms with van der Waals surface area (Å²) >= 11 is 0. The van der Waals surface area contributed by atoms with E-state index in [2.05, 4.69) is 82.9 Å². The molecule has 2 aliphatic heterocycles. The van der Waals surface area contributed by atoms with Crippen LogP contribution >= 0.6 is 0 Å². The van der Waals surface area contributed by atoms with Gasteiger partial charge in [0.1, 0.15) is 23.3 Å². The van der Waals surface area contributed by atoms with Gasteiger partial charge in [0.15, 0.2) is 0 Å². The average molecular weight is 760 g/mol. The van der Waals surface area contributed by atoms with Gasteiger partial charge in [-0.2, -0.15) is 0 Å². The largest absolute Gasteiger partial charge is 0.453 e. The number of benzene rings is 3. The van der Waals surface area contributed by atoms with Crippen molar-refractivity contribution in [3.8, 4) is 33.6 Å². The Balaban J connectivity index is 1.04. The van der Waals surface area contributed by atoms with Crippen molar-refractivity contribution in [3.05, 3.63) is 84.7 Å². The number of amides is 3. The molecule has 4 heterocycles. The third-order valence-electron chi connectivity index (χ3n) is 11.0. The van der Waals surface area contributed by atoms with Crippen LogP contribution in [0.4, 0.5) is 9.59 Å². The van der Waals surface area contributed by atoms with Crippen molar-refractivity contribution in [2.24, 2.45) is 5.92 Å². The molecular weight excluding hydrogens is 707 g/mol. The lowest BCUT2D eigenvalue weighted by atomic mass is 9.98. The second kappa shape index (κ2) is 15.8. The van der Waals surface area contributed by atoms with Gasteiger partial charge in [0.2, 0.25) is 5.91 Å². The molecule has 0 radical (unpaired) electrons. The van der Waals surface area contributed by atoms with E-state index in [1.807, 2.05) is 56.8 Å². The Morgan fingerprint density at radius 3 is 2.04 bits per heavy atom. The summed E-state index contributed by atoms with van der Waals surface area (Å²) in [4.78, 5) is 58.9. The van der Waals surface area contributed by atoms with Crippen LogP contribution in [0.1, 0.15) is 97.4 Å². The number of carbonyl (C=O) groups is 3. The molecule has 7 rings (SSSR count). The van der Waals surface area contributed by atoms with Crippen LogP contribution in [0.2, 0.25) is 0 Å². The van der Waals surface area contributed by atoms with Crippen LogP contribution < -0.4 is 5.32 Å². The first kappa shape index (κ1) is 38.6. The Hall–Kier alpha value is -5.65. The molecule has 12 nitrogen and oxygen atoms in total. The van der Waals surface area contributed by atoms with Gasteiger partial charge >= 0.3 is 12.2 Å². The van der Waals surface area contributed by atoms with Gasteiger partial charge in [0.05, 0.1) is 43.0 Å². The van der Waals surface area contributed by atoms with Crippen LogP contribution in [0.3, 0.4) is 0 Å². The number of hydrogen-bond acceptors (Lipinski definition) is 7. The number of nitrogens with zero attached hydrogens (tertiary/aromatic N) is 4. The number of nitrogens with one attached hydrogen (secondary N) is 3. The number of imidazole rings is 2. The van der Waals surface area contributed by atoms with Crippen molar-refractivity contribution in [3.63, 3.8) is 0 Å². The minimum atomic E-state index is -0.680. The maximum absolute atomic E-state index is 13.6. The van der Waals surface area contributed by atoms with Crippen molar-refractivity contribution < 1.29 is 23.9 Å². The second-order valence-corrected chi connectivity index (χ2v) is 16.3. The lowest BCUT2D eigenvalue weighted by molar-refractivity contribution is -0.135. The number of likely N-dealkylation sites (tertiary alicyclic amines) is 2. The molecule has 2 aliphatic rings. The van der Waals surface area contributed by atoms with E-state index in [0.29, 0.717) is 6.54 Å². The van der Waals surface area contributed by atoms with Crippen LogP contribution in [0.5, 0.6) is 0 Å². The molecule has 56 heavy (non-hydrogen) atoms. The SMILES string of the molecule is CCC1CCC(c2ncc(-c3ccc(-c4ccc5cc(-c6cnc([C@@H]7CCCN7C(=O)[C@@H](NC(=O)OC)C(C)C)[nH]6)ccc5c4)cc3)[nH]2)N1C(=O)OC(C)(C)C. The zero-order valence-electron chi connectivity index (χ0n) is 33.4. The number of H-pyrrole nitrogens is 2. The number of aromatic amines is 2. The normalized spacial score (nSPS) is 19.1. The molecule has 2 unspecified atom stereocenters. The van der Waals surface area contributed by atoms with Gasteiger partial charge in [-0.3, -0.25) is 9.69 Å². The number of methoxy groups -OCH3 is 1. The smallest absolute Gasteiger partial charge is 0.411 e. The Kier molecular flexibility index (Phi) is 10.9. The summed E-state index contributed by atoms with van der Waals surface area (Å²) < 4.78 is 10.5. The summed E-state index contributed by atoms with van der Waals surface area (Å²) in [5, 5.41) is 4.93. The summed E-state index contributed by atoms with van der Waals surface area (Å²) in [6.45, 7) is 12.2. The van der Waals surface area contributed by atoms with Crippen molar-refractivity contribution in [1.29, 1.82) is 0 Å². The van der Waals surface area contributed by atoms with E-state index in [4.69, 9.17) is 19.4 Å². The van der Waals surface area contributed by atoms with Gasteiger partial charge in [-0.05, 0) is 98.4 Å². The Morgan fingerprint density at radius 2 is 1.41 bits per heavy atom. The van der Waals surface area contributed by atoms with Crippen LogP contribution in [0, 0.1) is 5.92 Å². The maximum Gasteiger partial charge on any atom is 0.411 e. The van der Waals surface area contributed by atoms with Gasteiger partial charge in [0.25, 0.3) is 0 Å². The van der Waals surface area contributed by atoms with Crippen molar-refractivity contribution in [2.75, 3.05) is 13.7 Å². The average Bonchev–Trinajstić information content (AvgIpc) is 4.01. The molecule has 2 fully saturated rings. The number of fused-ring (bicyclic) bond motifs is 1. The van der Waals surface area contributed by atoms with E-state index >= 15 is 0 Å². The fourth-order valence-electron chi connectivity index (χ4n) is 8.08. The molecule has 0 saturated carbocycles. The predicted molar refractivity (Wildman–Crippen MR) is 217 cm³/mol. The zero-order chi connectivity index (χ0) is 39.7. The highest BCUT2D eigenvalue weighted by Gasteiger charge is 2.41. The number of hydrogen-bond donors (Lipinski definition) is 3. The molecule has 294 valence electrons. The molecule has 0 bridgehead atoms. The van der Waals surface area contributed by atoms with Crippen molar-refractivity contribution in [1.82, 2.24) is 35.1 Å². The van der Waals surface area contributed by atoms with Crippen molar-refractivity contribution >= 4 is 28.9 Å². The van der Waals surface area contributed by atoms with E-state index in [-0.39, 0.29) is 36.0 Å².